The molecule has 4 aliphatic rings. The predicted octanol–water partition coefficient (Wildman–Crippen LogP) is 1.67. The summed E-state index contributed by atoms with van der Waals surface area (Å²) in [5.74, 6) is 2.01. The molecule has 2 bridgehead atoms. The number of carbonyl (C=O) groups is 1. The predicted molar refractivity (Wildman–Crippen MR) is 82.4 cm³/mol. The van der Waals surface area contributed by atoms with Gasteiger partial charge in [-0.25, -0.2) is 0 Å². The van der Waals surface area contributed by atoms with E-state index in [1.54, 1.807) is 6.07 Å². The molecule has 1 aromatic rings. The van der Waals surface area contributed by atoms with E-state index >= 15 is 0 Å². The topological polar surface area (TPSA) is 50.8 Å². The number of nitrogens with one attached hydrogen (secondary N) is 1. The number of rotatable bonds is 2. The number of hydrogen-bond acceptors (Lipinski definition) is 4. The van der Waals surface area contributed by atoms with Gasteiger partial charge in [0.05, 0.1) is 0 Å². The molecule has 0 aromatic heterocycles. The molecular formula is C17H22N2O3. The van der Waals surface area contributed by atoms with E-state index in [0.717, 1.165) is 12.3 Å². The van der Waals surface area contributed by atoms with Gasteiger partial charge >= 0.3 is 0 Å². The Morgan fingerprint density at radius 3 is 2.82 bits per heavy atom. The largest absolute Gasteiger partial charge is 0.486 e. The van der Waals surface area contributed by atoms with Crippen LogP contribution in [-0.2, 0) is 0 Å². The van der Waals surface area contributed by atoms with Crippen LogP contribution >= 0.6 is 0 Å². The monoisotopic (exact) mass is 302 g/mol. The summed E-state index contributed by atoms with van der Waals surface area (Å²) in [6.45, 7) is 5.86. The fraction of sp³-hybridized carbons (Fsp3) is 0.588. The number of ether oxygens (including phenoxy) is 2. The highest BCUT2D eigenvalue weighted by molar-refractivity contribution is 5.95. The molecule has 5 heteroatoms. The van der Waals surface area contributed by atoms with Crippen molar-refractivity contribution in [3.63, 3.8) is 0 Å². The first-order valence-corrected chi connectivity index (χ1v) is 8.16. The van der Waals surface area contributed by atoms with Crippen molar-refractivity contribution in [1.29, 1.82) is 0 Å². The van der Waals surface area contributed by atoms with Crippen LogP contribution in [0.3, 0.4) is 0 Å². The lowest BCUT2D eigenvalue weighted by Crippen LogP contribution is -2.57. The third-order valence-corrected chi connectivity index (χ3v) is 4.98. The van der Waals surface area contributed by atoms with Crippen LogP contribution in [0.15, 0.2) is 18.2 Å². The average molecular weight is 302 g/mol. The minimum atomic E-state index is -0.0108. The van der Waals surface area contributed by atoms with Gasteiger partial charge in [-0.3, -0.25) is 4.79 Å². The minimum absolute atomic E-state index is 0.0108. The molecule has 0 saturated carbocycles. The number of amides is 1. The molecule has 4 aliphatic heterocycles. The fourth-order valence-electron chi connectivity index (χ4n) is 3.70. The van der Waals surface area contributed by atoms with Crippen LogP contribution < -0.4 is 14.8 Å². The lowest BCUT2D eigenvalue weighted by atomic mass is 9.84. The first kappa shape index (κ1) is 13.9. The molecule has 0 aliphatic carbocycles. The average Bonchev–Trinajstić information content (AvgIpc) is 2.55. The second-order valence-electron chi connectivity index (χ2n) is 6.62. The van der Waals surface area contributed by atoms with Gasteiger partial charge in [0.1, 0.15) is 12.7 Å². The third kappa shape index (κ3) is 2.54. The highest BCUT2D eigenvalue weighted by Gasteiger charge is 2.35. The summed E-state index contributed by atoms with van der Waals surface area (Å²) in [6.07, 6.45) is 2.42. The van der Waals surface area contributed by atoms with Crippen LogP contribution in [0.2, 0.25) is 0 Å². The zero-order valence-corrected chi connectivity index (χ0v) is 12.9. The lowest BCUT2D eigenvalue weighted by molar-refractivity contribution is 0.0619. The van der Waals surface area contributed by atoms with E-state index in [1.807, 2.05) is 19.1 Å². The first-order chi connectivity index (χ1) is 10.7. The molecule has 2 atom stereocenters. The Morgan fingerprint density at radius 1 is 1.27 bits per heavy atom. The zero-order valence-electron chi connectivity index (χ0n) is 12.9. The lowest BCUT2D eigenvalue weighted by Gasteiger charge is -2.44. The molecule has 0 spiro atoms. The van der Waals surface area contributed by atoms with Crippen molar-refractivity contribution in [1.82, 2.24) is 10.2 Å². The van der Waals surface area contributed by atoms with Crippen molar-refractivity contribution in [2.75, 3.05) is 26.2 Å². The van der Waals surface area contributed by atoms with Crippen LogP contribution in [0.5, 0.6) is 11.5 Å². The number of nitrogens with zero attached hydrogens (tertiary/aromatic N) is 1. The summed E-state index contributed by atoms with van der Waals surface area (Å²) in [4.78, 5) is 15.0. The summed E-state index contributed by atoms with van der Waals surface area (Å²) in [7, 11) is 0. The van der Waals surface area contributed by atoms with Gasteiger partial charge < -0.3 is 19.7 Å². The molecule has 3 saturated heterocycles. The smallest absolute Gasteiger partial charge is 0.251 e. The van der Waals surface area contributed by atoms with Crippen molar-refractivity contribution >= 4 is 5.91 Å². The molecule has 1 aromatic carbocycles. The van der Waals surface area contributed by atoms with Gasteiger partial charge in [-0.1, -0.05) is 0 Å². The Balaban J connectivity index is 1.47. The third-order valence-electron chi connectivity index (χ3n) is 4.98. The molecule has 0 radical (unpaired) electrons. The summed E-state index contributed by atoms with van der Waals surface area (Å²) >= 11 is 0. The number of fused-ring (bicyclic) bond motifs is 4. The van der Waals surface area contributed by atoms with Gasteiger partial charge in [-0.2, -0.15) is 0 Å². The Hall–Kier alpha value is -1.75. The second-order valence-corrected chi connectivity index (χ2v) is 6.62. The van der Waals surface area contributed by atoms with Gasteiger partial charge in [0.2, 0.25) is 0 Å². The van der Waals surface area contributed by atoms with E-state index in [0.29, 0.717) is 23.8 Å². The Morgan fingerprint density at radius 2 is 2.09 bits per heavy atom. The van der Waals surface area contributed by atoms with Crippen molar-refractivity contribution in [2.45, 2.75) is 31.9 Å². The summed E-state index contributed by atoms with van der Waals surface area (Å²) in [6, 6.07) is 5.71. The zero-order chi connectivity index (χ0) is 15.1. The van der Waals surface area contributed by atoms with Crippen LogP contribution in [0.4, 0.5) is 0 Å². The molecule has 1 N–H and O–H groups in total. The van der Waals surface area contributed by atoms with Crippen LogP contribution in [0, 0.1) is 5.92 Å². The van der Waals surface area contributed by atoms with E-state index in [1.165, 1.54) is 25.9 Å². The normalized spacial score (nSPS) is 32.6. The van der Waals surface area contributed by atoms with E-state index in [-0.39, 0.29) is 18.1 Å². The van der Waals surface area contributed by atoms with Gasteiger partial charge in [0.25, 0.3) is 5.91 Å². The maximum absolute atomic E-state index is 12.5. The van der Waals surface area contributed by atoms with E-state index in [4.69, 9.17) is 9.47 Å². The number of piperidine rings is 3. The standard InChI is InChI=1S/C17H22N2O3/c1-11-10-21-15-3-2-13(8-16(15)22-11)17(20)18-14-9-19-6-4-12(14)5-7-19/h2-3,8,11-12,14H,4-7,9-10H2,1H3,(H,18,20)/t11-,14-/m0/s1. The quantitative estimate of drug-likeness (QED) is 0.903. The highest BCUT2D eigenvalue weighted by Crippen LogP contribution is 2.33. The Labute approximate surface area is 130 Å². The van der Waals surface area contributed by atoms with Crippen molar-refractivity contribution in [3.05, 3.63) is 23.8 Å². The van der Waals surface area contributed by atoms with Crippen LogP contribution in [0.25, 0.3) is 0 Å². The molecule has 3 fully saturated rings. The number of benzene rings is 1. The second kappa shape index (κ2) is 5.47. The molecule has 5 rings (SSSR count). The number of hydrogen-bond donors (Lipinski definition) is 1. The van der Waals surface area contributed by atoms with E-state index < -0.39 is 0 Å². The van der Waals surface area contributed by atoms with Crippen molar-refractivity contribution < 1.29 is 14.3 Å². The van der Waals surface area contributed by atoms with E-state index in [9.17, 15) is 4.79 Å². The molecule has 5 nitrogen and oxygen atoms in total. The molecule has 1 amide bonds. The van der Waals surface area contributed by atoms with Gasteiger partial charge in [-0.05, 0) is 57.0 Å². The van der Waals surface area contributed by atoms with Gasteiger partial charge in [0.15, 0.2) is 11.5 Å². The van der Waals surface area contributed by atoms with Crippen LogP contribution in [0.1, 0.15) is 30.1 Å². The maximum Gasteiger partial charge on any atom is 0.251 e. The minimum Gasteiger partial charge on any atom is -0.486 e. The molecule has 0 unspecified atom stereocenters. The first-order valence-electron chi connectivity index (χ1n) is 8.16. The molecule has 22 heavy (non-hydrogen) atoms. The maximum atomic E-state index is 12.5. The summed E-state index contributed by atoms with van der Waals surface area (Å²) in [5.41, 5.74) is 0.646. The highest BCUT2D eigenvalue weighted by atomic mass is 16.6. The molecule has 118 valence electrons. The summed E-state index contributed by atoms with van der Waals surface area (Å²) in [5, 5.41) is 3.21. The SMILES string of the molecule is C[C@H]1COc2ccc(C(=O)N[C@H]3CN4CCC3CC4)cc2O1. The van der Waals surface area contributed by atoms with Crippen molar-refractivity contribution in [2.24, 2.45) is 5.92 Å². The van der Waals surface area contributed by atoms with Crippen LogP contribution in [-0.4, -0.2) is 49.2 Å². The van der Waals surface area contributed by atoms with Crippen molar-refractivity contribution in [3.8, 4) is 11.5 Å². The fourth-order valence-corrected chi connectivity index (χ4v) is 3.70. The van der Waals surface area contributed by atoms with Gasteiger partial charge in [0, 0.05) is 18.2 Å². The Bertz CT molecular complexity index is 581. The number of carbonyl (C=O) groups excluding carboxylic acids is 1. The summed E-state index contributed by atoms with van der Waals surface area (Å²) < 4.78 is 11.3. The Kier molecular flexibility index (Phi) is 3.45. The molecular weight excluding hydrogens is 280 g/mol. The van der Waals surface area contributed by atoms with Gasteiger partial charge in [-0.15, -0.1) is 0 Å². The van der Waals surface area contributed by atoms with E-state index in [2.05, 4.69) is 10.2 Å². The molecule has 4 heterocycles.